The highest BCUT2D eigenvalue weighted by Gasteiger charge is 2.26. The minimum absolute atomic E-state index is 0.00729. The zero-order chi connectivity index (χ0) is 14.8. The fourth-order valence-corrected chi connectivity index (χ4v) is 2.73. The summed E-state index contributed by atoms with van der Waals surface area (Å²) in [6.45, 7) is 9.57. The van der Waals surface area contributed by atoms with Gasteiger partial charge >= 0.3 is 0 Å². The Kier molecular flexibility index (Phi) is 4.55. The largest absolute Gasteiger partial charge is 0.504 e. The number of para-hydroxylation sites is 1. The molecule has 1 fully saturated rings. The maximum atomic E-state index is 9.78. The first-order valence-corrected chi connectivity index (χ1v) is 7.36. The highest BCUT2D eigenvalue weighted by Crippen LogP contribution is 2.28. The SMILES string of the molecule is CC(C)(C)N1CCC(NCc2cccc(O)c2O)CC1. The van der Waals surface area contributed by atoms with Gasteiger partial charge in [0.15, 0.2) is 11.5 Å². The molecule has 0 saturated carbocycles. The lowest BCUT2D eigenvalue weighted by Crippen LogP contribution is -2.49. The van der Waals surface area contributed by atoms with Gasteiger partial charge in [0.1, 0.15) is 0 Å². The summed E-state index contributed by atoms with van der Waals surface area (Å²) >= 11 is 0. The predicted octanol–water partition coefficient (Wildman–Crippen LogP) is 2.45. The van der Waals surface area contributed by atoms with Gasteiger partial charge in [-0.05, 0) is 39.7 Å². The minimum Gasteiger partial charge on any atom is -0.504 e. The molecule has 0 spiro atoms. The smallest absolute Gasteiger partial charge is 0.161 e. The van der Waals surface area contributed by atoms with Crippen LogP contribution in [0.3, 0.4) is 0 Å². The first kappa shape index (κ1) is 15.1. The molecule has 1 aliphatic rings. The van der Waals surface area contributed by atoms with Gasteiger partial charge in [-0.3, -0.25) is 4.90 Å². The van der Waals surface area contributed by atoms with Crippen LogP contribution in [0.1, 0.15) is 39.2 Å². The van der Waals surface area contributed by atoms with Crippen LogP contribution in [0.4, 0.5) is 0 Å². The molecule has 0 aliphatic carbocycles. The Balaban J connectivity index is 1.83. The summed E-state index contributed by atoms with van der Waals surface area (Å²) < 4.78 is 0. The Morgan fingerprint density at radius 3 is 2.45 bits per heavy atom. The van der Waals surface area contributed by atoms with Crippen molar-refractivity contribution in [3.05, 3.63) is 23.8 Å². The number of hydrogen-bond acceptors (Lipinski definition) is 4. The van der Waals surface area contributed by atoms with E-state index in [0.717, 1.165) is 31.5 Å². The number of rotatable bonds is 3. The van der Waals surface area contributed by atoms with Crippen molar-refractivity contribution in [1.82, 2.24) is 10.2 Å². The fraction of sp³-hybridized carbons (Fsp3) is 0.625. The van der Waals surface area contributed by atoms with Crippen molar-refractivity contribution in [3.63, 3.8) is 0 Å². The van der Waals surface area contributed by atoms with Crippen molar-refractivity contribution in [2.45, 2.75) is 51.7 Å². The van der Waals surface area contributed by atoms with Gasteiger partial charge in [0, 0.05) is 36.8 Å². The number of nitrogens with one attached hydrogen (secondary N) is 1. The van der Waals surface area contributed by atoms with E-state index in [-0.39, 0.29) is 17.0 Å². The zero-order valence-corrected chi connectivity index (χ0v) is 12.7. The molecule has 1 heterocycles. The molecule has 0 amide bonds. The normalized spacial score (nSPS) is 18.4. The van der Waals surface area contributed by atoms with Gasteiger partial charge in [-0.1, -0.05) is 12.1 Å². The molecule has 0 unspecified atom stereocenters. The van der Waals surface area contributed by atoms with E-state index in [4.69, 9.17) is 0 Å². The molecule has 2 rings (SSSR count). The maximum Gasteiger partial charge on any atom is 0.161 e. The van der Waals surface area contributed by atoms with Crippen molar-refractivity contribution in [1.29, 1.82) is 0 Å². The molecule has 20 heavy (non-hydrogen) atoms. The van der Waals surface area contributed by atoms with E-state index in [1.54, 1.807) is 6.07 Å². The molecule has 0 aromatic heterocycles. The first-order valence-electron chi connectivity index (χ1n) is 7.36. The Labute approximate surface area is 121 Å². The summed E-state index contributed by atoms with van der Waals surface area (Å²) in [7, 11) is 0. The summed E-state index contributed by atoms with van der Waals surface area (Å²) in [5.74, 6) is -0.0565. The number of hydrogen-bond donors (Lipinski definition) is 3. The lowest BCUT2D eigenvalue weighted by Gasteiger charge is -2.41. The van der Waals surface area contributed by atoms with E-state index in [0.29, 0.717) is 12.6 Å². The quantitative estimate of drug-likeness (QED) is 0.743. The van der Waals surface area contributed by atoms with Gasteiger partial charge < -0.3 is 15.5 Å². The average molecular weight is 278 g/mol. The monoisotopic (exact) mass is 278 g/mol. The van der Waals surface area contributed by atoms with Gasteiger partial charge in [0.2, 0.25) is 0 Å². The molecule has 3 N–H and O–H groups in total. The third kappa shape index (κ3) is 3.64. The van der Waals surface area contributed by atoms with Crippen LogP contribution in [0.2, 0.25) is 0 Å². The Hall–Kier alpha value is -1.26. The summed E-state index contributed by atoms with van der Waals surface area (Å²) in [5, 5.41) is 22.7. The number of phenolic OH excluding ortho intramolecular Hbond substituents is 2. The second-order valence-electron chi connectivity index (χ2n) is 6.60. The summed E-state index contributed by atoms with van der Waals surface area (Å²) in [6.07, 6.45) is 2.24. The van der Waals surface area contributed by atoms with Crippen LogP contribution in [-0.2, 0) is 6.54 Å². The van der Waals surface area contributed by atoms with Crippen LogP contribution in [0.5, 0.6) is 11.5 Å². The number of aromatic hydroxyl groups is 2. The van der Waals surface area contributed by atoms with E-state index >= 15 is 0 Å². The van der Waals surface area contributed by atoms with E-state index < -0.39 is 0 Å². The minimum atomic E-state index is -0.0492. The number of likely N-dealkylation sites (tertiary alicyclic amines) is 1. The third-order valence-corrected chi connectivity index (χ3v) is 4.12. The van der Waals surface area contributed by atoms with Crippen LogP contribution in [0.15, 0.2) is 18.2 Å². The molecule has 4 nitrogen and oxygen atoms in total. The maximum absolute atomic E-state index is 9.78. The first-order chi connectivity index (χ1) is 9.38. The van der Waals surface area contributed by atoms with E-state index in [1.165, 1.54) is 6.07 Å². The van der Waals surface area contributed by atoms with Gasteiger partial charge in [0.05, 0.1) is 0 Å². The molecule has 0 bridgehead atoms. The Bertz CT molecular complexity index is 446. The fourth-order valence-electron chi connectivity index (χ4n) is 2.73. The molecule has 1 aromatic rings. The van der Waals surface area contributed by atoms with Crippen molar-refractivity contribution in [2.24, 2.45) is 0 Å². The van der Waals surface area contributed by atoms with Crippen molar-refractivity contribution < 1.29 is 10.2 Å². The van der Waals surface area contributed by atoms with Gasteiger partial charge in [0.25, 0.3) is 0 Å². The number of piperidine rings is 1. The Morgan fingerprint density at radius 1 is 1.20 bits per heavy atom. The predicted molar refractivity (Wildman–Crippen MR) is 81.0 cm³/mol. The van der Waals surface area contributed by atoms with Gasteiger partial charge in [-0.15, -0.1) is 0 Å². The molecule has 1 aliphatic heterocycles. The molecular weight excluding hydrogens is 252 g/mol. The van der Waals surface area contributed by atoms with E-state index in [9.17, 15) is 10.2 Å². The van der Waals surface area contributed by atoms with Crippen LogP contribution in [-0.4, -0.2) is 39.8 Å². The Morgan fingerprint density at radius 2 is 1.85 bits per heavy atom. The molecule has 0 radical (unpaired) electrons. The number of benzene rings is 1. The van der Waals surface area contributed by atoms with Crippen LogP contribution in [0.25, 0.3) is 0 Å². The topological polar surface area (TPSA) is 55.7 Å². The highest BCUT2D eigenvalue weighted by molar-refractivity contribution is 5.44. The molecule has 0 atom stereocenters. The number of phenols is 2. The van der Waals surface area contributed by atoms with Gasteiger partial charge in [-0.2, -0.15) is 0 Å². The van der Waals surface area contributed by atoms with Crippen molar-refractivity contribution >= 4 is 0 Å². The zero-order valence-electron chi connectivity index (χ0n) is 12.7. The lowest BCUT2D eigenvalue weighted by molar-refractivity contribution is 0.0960. The second kappa shape index (κ2) is 6.02. The molecular formula is C16H26N2O2. The van der Waals surface area contributed by atoms with Crippen LogP contribution in [0, 0.1) is 0 Å². The van der Waals surface area contributed by atoms with Crippen molar-refractivity contribution in [2.75, 3.05) is 13.1 Å². The highest BCUT2D eigenvalue weighted by atomic mass is 16.3. The molecule has 4 heteroatoms. The molecule has 112 valence electrons. The third-order valence-electron chi connectivity index (χ3n) is 4.12. The standard InChI is InChI=1S/C16H26N2O2/c1-16(2,3)18-9-7-13(8-10-18)17-11-12-5-4-6-14(19)15(12)20/h4-6,13,17,19-20H,7-11H2,1-3H3. The molecule has 1 saturated heterocycles. The summed E-state index contributed by atoms with van der Waals surface area (Å²) in [6, 6.07) is 5.58. The van der Waals surface area contributed by atoms with Crippen LogP contribution < -0.4 is 5.32 Å². The summed E-state index contributed by atoms with van der Waals surface area (Å²) in [5.41, 5.74) is 0.998. The van der Waals surface area contributed by atoms with E-state index in [2.05, 4.69) is 31.0 Å². The lowest BCUT2D eigenvalue weighted by atomic mass is 9.98. The van der Waals surface area contributed by atoms with Gasteiger partial charge in [-0.25, -0.2) is 0 Å². The van der Waals surface area contributed by atoms with E-state index in [1.807, 2.05) is 6.07 Å². The summed E-state index contributed by atoms with van der Waals surface area (Å²) in [4.78, 5) is 2.51. The number of nitrogens with zero attached hydrogens (tertiary/aromatic N) is 1. The van der Waals surface area contributed by atoms with Crippen LogP contribution >= 0.6 is 0 Å². The van der Waals surface area contributed by atoms with Crippen molar-refractivity contribution in [3.8, 4) is 11.5 Å². The molecule has 1 aromatic carbocycles. The second-order valence-corrected chi connectivity index (χ2v) is 6.60. The average Bonchev–Trinajstić information content (AvgIpc) is 2.40.